The van der Waals surface area contributed by atoms with E-state index in [1.165, 1.54) is 36.3 Å². The number of nitrogens with zero attached hydrogens (tertiary/aromatic N) is 2. The quantitative estimate of drug-likeness (QED) is 0.749. The lowest BCUT2D eigenvalue weighted by Gasteiger charge is -2.20. The summed E-state index contributed by atoms with van der Waals surface area (Å²) >= 11 is 0. The van der Waals surface area contributed by atoms with Gasteiger partial charge in [0.2, 0.25) is 0 Å². The highest BCUT2D eigenvalue weighted by Gasteiger charge is 2.27. The lowest BCUT2D eigenvalue weighted by molar-refractivity contribution is 0.709. The Labute approximate surface area is 96.4 Å². The van der Waals surface area contributed by atoms with Crippen molar-refractivity contribution in [1.29, 1.82) is 0 Å². The van der Waals surface area contributed by atoms with E-state index in [0.717, 1.165) is 26.2 Å². The maximum Gasteiger partial charge on any atom is 0.153 e. The molecule has 0 spiro atoms. The first-order valence-electron chi connectivity index (χ1n) is 6.39. The van der Waals surface area contributed by atoms with Crippen molar-refractivity contribution in [3.8, 4) is 0 Å². The maximum atomic E-state index is 4.53. The topological polar surface area (TPSA) is 44.0 Å². The second-order valence-corrected chi connectivity index (χ2v) is 4.97. The molecule has 16 heavy (non-hydrogen) atoms. The van der Waals surface area contributed by atoms with Gasteiger partial charge in [0, 0.05) is 30.9 Å². The van der Waals surface area contributed by atoms with E-state index in [-0.39, 0.29) is 0 Å². The van der Waals surface area contributed by atoms with Crippen LogP contribution in [0.5, 0.6) is 0 Å². The predicted octanol–water partition coefficient (Wildman–Crippen LogP) is 1.26. The highest BCUT2D eigenvalue weighted by Crippen LogP contribution is 2.36. The molecule has 1 aromatic rings. The van der Waals surface area contributed by atoms with Crippen LogP contribution in [0.4, 0.5) is 5.82 Å². The Kier molecular flexibility index (Phi) is 2.59. The van der Waals surface area contributed by atoms with E-state index < -0.39 is 0 Å². The number of anilines is 1. The molecule has 1 atom stereocenters. The average molecular weight is 220 g/mol. The SMILES string of the molecule is CC1CCc2c(N3CCCNCC3)n[nH]c21. The van der Waals surface area contributed by atoms with Gasteiger partial charge in [0.25, 0.3) is 0 Å². The van der Waals surface area contributed by atoms with Crippen LogP contribution in [-0.2, 0) is 6.42 Å². The minimum atomic E-state index is 0.668. The van der Waals surface area contributed by atoms with Gasteiger partial charge in [0.1, 0.15) is 0 Å². The van der Waals surface area contributed by atoms with Crippen molar-refractivity contribution in [2.24, 2.45) is 0 Å². The first kappa shape index (κ1) is 10.1. The molecule has 0 radical (unpaired) electrons. The predicted molar refractivity (Wildman–Crippen MR) is 65.0 cm³/mol. The molecule has 1 saturated heterocycles. The zero-order valence-corrected chi connectivity index (χ0v) is 9.92. The summed E-state index contributed by atoms with van der Waals surface area (Å²) in [7, 11) is 0. The molecular formula is C12H20N4. The van der Waals surface area contributed by atoms with Crippen molar-refractivity contribution in [3.63, 3.8) is 0 Å². The monoisotopic (exact) mass is 220 g/mol. The third kappa shape index (κ3) is 1.61. The van der Waals surface area contributed by atoms with E-state index in [2.05, 4.69) is 27.3 Å². The van der Waals surface area contributed by atoms with Crippen molar-refractivity contribution in [1.82, 2.24) is 15.5 Å². The van der Waals surface area contributed by atoms with Crippen molar-refractivity contribution >= 4 is 5.82 Å². The number of H-pyrrole nitrogens is 1. The van der Waals surface area contributed by atoms with Gasteiger partial charge in [0.05, 0.1) is 0 Å². The van der Waals surface area contributed by atoms with E-state index in [1.54, 1.807) is 0 Å². The summed E-state index contributed by atoms with van der Waals surface area (Å²) in [6, 6.07) is 0. The number of aromatic nitrogens is 2. The first-order valence-corrected chi connectivity index (χ1v) is 6.39. The van der Waals surface area contributed by atoms with E-state index in [9.17, 15) is 0 Å². The summed E-state index contributed by atoms with van der Waals surface area (Å²) in [4.78, 5) is 2.44. The van der Waals surface area contributed by atoms with Crippen LogP contribution in [0.3, 0.4) is 0 Å². The van der Waals surface area contributed by atoms with Gasteiger partial charge in [-0.25, -0.2) is 0 Å². The normalized spacial score (nSPS) is 25.6. The summed E-state index contributed by atoms with van der Waals surface area (Å²) < 4.78 is 0. The molecule has 2 N–H and O–H groups in total. The van der Waals surface area contributed by atoms with Crippen LogP contribution in [0.15, 0.2) is 0 Å². The zero-order chi connectivity index (χ0) is 11.0. The smallest absolute Gasteiger partial charge is 0.153 e. The standard InChI is InChI=1S/C12H20N4/c1-9-3-4-10-11(9)14-15-12(10)16-7-2-5-13-6-8-16/h9,13H,2-8H2,1H3,(H,14,15). The third-order valence-corrected chi connectivity index (χ3v) is 3.84. The zero-order valence-electron chi connectivity index (χ0n) is 9.92. The van der Waals surface area contributed by atoms with E-state index in [4.69, 9.17) is 0 Å². The lowest BCUT2D eigenvalue weighted by atomic mass is 10.1. The van der Waals surface area contributed by atoms with Crippen molar-refractivity contribution in [2.45, 2.75) is 32.1 Å². The molecule has 1 aliphatic carbocycles. The summed E-state index contributed by atoms with van der Waals surface area (Å²) in [5.74, 6) is 1.89. The highest BCUT2D eigenvalue weighted by molar-refractivity contribution is 5.52. The van der Waals surface area contributed by atoms with Crippen LogP contribution in [0.25, 0.3) is 0 Å². The molecular weight excluding hydrogens is 200 g/mol. The molecule has 2 aliphatic rings. The van der Waals surface area contributed by atoms with Gasteiger partial charge in [-0.3, -0.25) is 5.10 Å². The summed E-state index contributed by atoms with van der Waals surface area (Å²) in [6.07, 6.45) is 3.70. The summed E-state index contributed by atoms with van der Waals surface area (Å²) in [5, 5.41) is 11.2. The largest absolute Gasteiger partial charge is 0.354 e. The number of fused-ring (bicyclic) bond motifs is 1. The first-order chi connectivity index (χ1) is 7.86. The van der Waals surface area contributed by atoms with E-state index >= 15 is 0 Å². The fourth-order valence-corrected chi connectivity index (χ4v) is 2.85. The Balaban J connectivity index is 1.86. The molecule has 1 unspecified atom stereocenters. The minimum Gasteiger partial charge on any atom is -0.354 e. The van der Waals surface area contributed by atoms with Crippen molar-refractivity contribution < 1.29 is 0 Å². The molecule has 4 nitrogen and oxygen atoms in total. The maximum absolute atomic E-state index is 4.53. The fourth-order valence-electron chi connectivity index (χ4n) is 2.85. The molecule has 2 heterocycles. The molecule has 88 valence electrons. The highest BCUT2D eigenvalue weighted by atomic mass is 15.3. The van der Waals surface area contributed by atoms with Gasteiger partial charge in [-0.05, 0) is 31.7 Å². The molecule has 0 amide bonds. The number of hydrogen-bond donors (Lipinski definition) is 2. The van der Waals surface area contributed by atoms with Crippen LogP contribution in [0.1, 0.15) is 36.9 Å². The number of rotatable bonds is 1. The van der Waals surface area contributed by atoms with Gasteiger partial charge in [-0.2, -0.15) is 5.10 Å². The fraction of sp³-hybridized carbons (Fsp3) is 0.750. The second-order valence-electron chi connectivity index (χ2n) is 4.97. The van der Waals surface area contributed by atoms with Gasteiger partial charge < -0.3 is 10.2 Å². The number of nitrogens with one attached hydrogen (secondary N) is 2. The molecule has 0 saturated carbocycles. The Bertz CT molecular complexity index is 363. The van der Waals surface area contributed by atoms with Crippen LogP contribution in [0.2, 0.25) is 0 Å². The average Bonchev–Trinajstić information content (AvgIpc) is 2.74. The number of hydrogen-bond acceptors (Lipinski definition) is 3. The van der Waals surface area contributed by atoms with Gasteiger partial charge in [-0.1, -0.05) is 6.92 Å². The Morgan fingerprint density at radius 3 is 3.19 bits per heavy atom. The van der Waals surface area contributed by atoms with Crippen molar-refractivity contribution in [3.05, 3.63) is 11.3 Å². The molecule has 0 aromatic carbocycles. The number of aromatic amines is 1. The van der Waals surface area contributed by atoms with Crippen LogP contribution >= 0.6 is 0 Å². The van der Waals surface area contributed by atoms with Gasteiger partial charge in [0.15, 0.2) is 5.82 Å². The second kappa shape index (κ2) is 4.09. The van der Waals surface area contributed by atoms with Crippen molar-refractivity contribution in [2.75, 3.05) is 31.1 Å². The third-order valence-electron chi connectivity index (χ3n) is 3.84. The van der Waals surface area contributed by atoms with E-state index in [1.807, 2.05) is 0 Å². The molecule has 0 bridgehead atoms. The van der Waals surface area contributed by atoms with Gasteiger partial charge >= 0.3 is 0 Å². The van der Waals surface area contributed by atoms with Crippen LogP contribution in [0, 0.1) is 0 Å². The van der Waals surface area contributed by atoms with Crippen LogP contribution < -0.4 is 10.2 Å². The summed E-state index contributed by atoms with van der Waals surface area (Å²) in [5.41, 5.74) is 2.86. The van der Waals surface area contributed by atoms with Crippen LogP contribution in [-0.4, -0.2) is 36.4 Å². The van der Waals surface area contributed by atoms with Gasteiger partial charge in [-0.15, -0.1) is 0 Å². The molecule has 4 heteroatoms. The molecule has 1 aromatic heterocycles. The Morgan fingerprint density at radius 2 is 2.25 bits per heavy atom. The summed E-state index contributed by atoms with van der Waals surface area (Å²) in [6.45, 7) is 6.73. The minimum absolute atomic E-state index is 0.668. The molecule has 3 rings (SSSR count). The Hall–Kier alpha value is -1.03. The lowest BCUT2D eigenvalue weighted by Crippen LogP contribution is -2.28. The van der Waals surface area contributed by atoms with E-state index in [0.29, 0.717) is 5.92 Å². The molecule has 1 aliphatic heterocycles. The molecule has 1 fully saturated rings. The Morgan fingerprint density at radius 1 is 1.31 bits per heavy atom.